The average Bonchev–Trinajstić information content (AvgIpc) is 2.93. The quantitative estimate of drug-likeness (QED) is 0.854. The number of hydrogen-bond acceptors (Lipinski definition) is 2. The fraction of sp³-hybridized carbons (Fsp3) is 0.562. The van der Waals surface area contributed by atoms with Crippen molar-refractivity contribution in [3.05, 3.63) is 35.9 Å². The molecule has 3 nitrogen and oxygen atoms in total. The third-order valence-electron chi connectivity index (χ3n) is 4.13. The van der Waals surface area contributed by atoms with Gasteiger partial charge in [-0.15, -0.1) is 0 Å². The van der Waals surface area contributed by atoms with Gasteiger partial charge in [0.15, 0.2) is 0 Å². The van der Waals surface area contributed by atoms with E-state index in [4.69, 9.17) is 0 Å². The highest BCUT2D eigenvalue weighted by molar-refractivity contribution is 5.69. The van der Waals surface area contributed by atoms with E-state index in [0.29, 0.717) is 0 Å². The number of hydrogen-bond donors (Lipinski definition) is 1. The number of carboxylic acids is 1. The molecule has 1 N–H and O–H groups in total. The molecule has 1 aromatic carbocycles. The molecule has 1 aromatic rings. The standard InChI is InChI=1S/C16H23NO2/c1-2-10-16(13-15(18)19,17-11-6-7-12-17)14-8-4-3-5-9-14/h3-5,8-9H,2,6-7,10-13H2,1H3,(H,18,19). The Balaban J connectivity index is 2.41. The van der Waals surface area contributed by atoms with Gasteiger partial charge in [-0.05, 0) is 37.9 Å². The van der Waals surface area contributed by atoms with Gasteiger partial charge in [0.2, 0.25) is 0 Å². The summed E-state index contributed by atoms with van der Waals surface area (Å²) in [5.74, 6) is -0.704. The third-order valence-corrected chi connectivity index (χ3v) is 4.13. The minimum absolute atomic E-state index is 0.199. The minimum atomic E-state index is -0.704. The van der Waals surface area contributed by atoms with E-state index in [2.05, 4.69) is 24.0 Å². The molecule has 1 saturated heterocycles. The monoisotopic (exact) mass is 261 g/mol. The van der Waals surface area contributed by atoms with Crippen LogP contribution < -0.4 is 0 Å². The van der Waals surface area contributed by atoms with Crippen LogP contribution in [0.2, 0.25) is 0 Å². The molecule has 1 aliphatic heterocycles. The summed E-state index contributed by atoms with van der Waals surface area (Å²) in [5.41, 5.74) is 0.833. The number of nitrogens with zero attached hydrogens (tertiary/aromatic N) is 1. The fourth-order valence-electron chi connectivity index (χ4n) is 3.34. The van der Waals surface area contributed by atoms with E-state index >= 15 is 0 Å². The zero-order chi connectivity index (χ0) is 13.7. The normalized spacial score (nSPS) is 19.2. The van der Waals surface area contributed by atoms with Crippen LogP contribution in [0.1, 0.15) is 44.6 Å². The lowest BCUT2D eigenvalue weighted by Crippen LogP contribution is -2.46. The molecule has 0 amide bonds. The summed E-state index contributed by atoms with van der Waals surface area (Å²) >= 11 is 0. The van der Waals surface area contributed by atoms with Crippen LogP contribution in [-0.4, -0.2) is 29.1 Å². The van der Waals surface area contributed by atoms with Crippen molar-refractivity contribution >= 4 is 5.97 Å². The van der Waals surface area contributed by atoms with E-state index in [0.717, 1.165) is 31.5 Å². The predicted molar refractivity (Wildman–Crippen MR) is 76.1 cm³/mol. The highest BCUT2D eigenvalue weighted by Gasteiger charge is 2.40. The van der Waals surface area contributed by atoms with Crippen LogP contribution in [0.15, 0.2) is 30.3 Å². The van der Waals surface area contributed by atoms with Crippen molar-refractivity contribution in [2.24, 2.45) is 0 Å². The topological polar surface area (TPSA) is 40.5 Å². The Labute approximate surface area is 115 Å². The molecule has 0 saturated carbocycles. The highest BCUT2D eigenvalue weighted by atomic mass is 16.4. The Morgan fingerprint density at radius 2 is 1.89 bits per heavy atom. The molecule has 0 radical (unpaired) electrons. The summed E-state index contributed by atoms with van der Waals surface area (Å²) < 4.78 is 0. The third kappa shape index (κ3) is 2.98. The number of carbonyl (C=O) groups is 1. The van der Waals surface area contributed by atoms with Crippen LogP contribution in [0.4, 0.5) is 0 Å². The summed E-state index contributed by atoms with van der Waals surface area (Å²) in [6.45, 7) is 4.17. The zero-order valence-corrected chi connectivity index (χ0v) is 11.6. The number of likely N-dealkylation sites (tertiary alicyclic amines) is 1. The molecule has 19 heavy (non-hydrogen) atoms. The van der Waals surface area contributed by atoms with Crippen molar-refractivity contribution in [1.29, 1.82) is 0 Å². The molecule has 1 aliphatic rings. The Morgan fingerprint density at radius 3 is 2.42 bits per heavy atom. The molecule has 0 bridgehead atoms. The van der Waals surface area contributed by atoms with E-state index in [-0.39, 0.29) is 12.0 Å². The second-order valence-corrected chi connectivity index (χ2v) is 5.41. The van der Waals surface area contributed by atoms with E-state index < -0.39 is 5.97 Å². The van der Waals surface area contributed by atoms with Gasteiger partial charge < -0.3 is 5.11 Å². The lowest BCUT2D eigenvalue weighted by atomic mass is 9.81. The van der Waals surface area contributed by atoms with Crippen molar-refractivity contribution in [3.8, 4) is 0 Å². The van der Waals surface area contributed by atoms with Gasteiger partial charge in [0, 0.05) is 0 Å². The van der Waals surface area contributed by atoms with Crippen molar-refractivity contribution < 1.29 is 9.90 Å². The first kappa shape index (κ1) is 14.1. The molecule has 0 spiro atoms. The molecular formula is C16H23NO2. The first-order valence-electron chi connectivity index (χ1n) is 7.21. The lowest BCUT2D eigenvalue weighted by molar-refractivity contribution is -0.140. The molecule has 3 heteroatoms. The van der Waals surface area contributed by atoms with Gasteiger partial charge in [-0.1, -0.05) is 43.7 Å². The predicted octanol–water partition coefficient (Wildman–Crippen LogP) is 3.25. The van der Waals surface area contributed by atoms with Gasteiger partial charge in [0.05, 0.1) is 12.0 Å². The van der Waals surface area contributed by atoms with E-state index in [1.165, 1.54) is 12.8 Å². The molecule has 2 rings (SSSR count). The Kier molecular flexibility index (Phi) is 4.59. The molecule has 0 aromatic heterocycles. The van der Waals surface area contributed by atoms with E-state index in [1.807, 2.05) is 18.2 Å². The maximum Gasteiger partial charge on any atom is 0.305 e. The van der Waals surface area contributed by atoms with Gasteiger partial charge >= 0.3 is 5.97 Å². The Bertz CT molecular complexity index is 412. The van der Waals surface area contributed by atoms with Crippen molar-refractivity contribution in [2.75, 3.05) is 13.1 Å². The maximum atomic E-state index is 11.4. The Morgan fingerprint density at radius 1 is 1.26 bits per heavy atom. The number of benzene rings is 1. The lowest BCUT2D eigenvalue weighted by Gasteiger charge is -2.41. The van der Waals surface area contributed by atoms with Crippen molar-refractivity contribution in [3.63, 3.8) is 0 Å². The summed E-state index contributed by atoms with van der Waals surface area (Å²) in [5, 5.41) is 9.37. The molecule has 104 valence electrons. The van der Waals surface area contributed by atoms with Crippen LogP contribution in [0.5, 0.6) is 0 Å². The molecule has 0 aliphatic carbocycles. The molecule has 1 heterocycles. The van der Waals surface area contributed by atoms with Crippen molar-refractivity contribution in [1.82, 2.24) is 4.90 Å². The largest absolute Gasteiger partial charge is 0.481 e. The fourth-order valence-corrected chi connectivity index (χ4v) is 3.34. The van der Waals surface area contributed by atoms with Crippen LogP contribution in [0.3, 0.4) is 0 Å². The van der Waals surface area contributed by atoms with Crippen molar-refractivity contribution in [2.45, 2.75) is 44.6 Å². The summed E-state index contributed by atoms with van der Waals surface area (Å²) in [6, 6.07) is 10.2. The van der Waals surface area contributed by atoms with Gasteiger partial charge in [0.25, 0.3) is 0 Å². The van der Waals surface area contributed by atoms with Gasteiger partial charge in [-0.25, -0.2) is 0 Å². The smallest absolute Gasteiger partial charge is 0.305 e. The highest BCUT2D eigenvalue weighted by Crippen LogP contribution is 2.39. The average molecular weight is 261 g/mol. The second-order valence-electron chi connectivity index (χ2n) is 5.41. The van der Waals surface area contributed by atoms with Crippen LogP contribution in [0, 0.1) is 0 Å². The summed E-state index contributed by atoms with van der Waals surface area (Å²) in [6.07, 6.45) is 4.46. The SMILES string of the molecule is CCCC(CC(=O)O)(c1ccccc1)N1CCCC1. The minimum Gasteiger partial charge on any atom is -0.481 e. The molecule has 1 fully saturated rings. The summed E-state index contributed by atoms with van der Waals surface area (Å²) in [7, 11) is 0. The molecule has 1 atom stereocenters. The van der Waals surface area contributed by atoms with E-state index in [1.54, 1.807) is 0 Å². The maximum absolute atomic E-state index is 11.4. The van der Waals surface area contributed by atoms with Crippen LogP contribution in [0.25, 0.3) is 0 Å². The van der Waals surface area contributed by atoms with Gasteiger partial charge in [-0.3, -0.25) is 9.69 Å². The first-order valence-corrected chi connectivity index (χ1v) is 7.21. The zero-order valence-electron chi connectivity index (χ0n) is 11.6. The van der Waals surface area contributed by atoms with Gasteiger partial charge in [-0.2, -0.15) is 0 Å². The number of carboxylic acid groups (broad SMARTS) is 1. The number of aliphatic carboxylic acids is 1. The van der Waals surface area contributed by atoms with Crippen LogP contribution >= 0.6 is 0 Å². The molecular weight excluding hydrogens is 238 g/mol. The van der Waals surface area contributed by atoms with Crippen LogP contribution in [-0.2, 0) is 10.3 Å². The second kappa shape index (κ2) is 6.20. The molecule has 1 unspecified atom stereocenters. The van der Waals surface area contributed by atoms with E-state index in [9.17, 15) is 9.90 Å². The number of rotatable bonds is 6. The Hall–Kier alpha value is -1.35. The first-order chi connectivity index (χ1) is 9.19. The summed E-state index contributed by atoms with van der Waals surface area (Å²) in [4.78, 5) is 13.8. The van der Waals surface area contributed by atoms with Gasteiger partial charge in [0.1, 0.15) is 0 Å².